The molecule has 18 heavy (non-hydrogen) atoms. The fourth-order valence-electron chi connectivity index (χ4n) is 3.32. The van der Waals surface area contributed by atoms with Crippen molar-refractivity contribution in [1.29, 1.82) is 0 Å². The van der Waals surface area contributed by atoms with E-state index in [2.05, 4.69) is 18.7 Å². The Bertz CT molecular complexity index is 267. The van der Waals surface area contributed by atoms with E-state index in [1.165, 1.54) is 25.7 Å². The molecule has 0 amide bonds. The monoisotopic (exact) mass is 255 g/mol. The molecule has 1 saturated heterocycles. The van der Waals surface area contributed by atoms with Crippen molar-refractivity contribution >= 4 is 5.97 Å². The summed E-state index contributed by atoms with van der Waals surface area (Å²) in [5, 5.41) is 9.55. The summed E-state index contributed by atoms with van der Waals surface area (Å²) in [6.07, 6.45) is 8.76. The molecule has 1 aliphatic heterocycles. The third-order valence-corrected chi connectivity index (χ3v) is 4.53. The first-order chi connectivity index (χ1) is 8.58. The van der Waals surface area contributed by atoms with Crippen molar-refractivity contribution in [2.24, 2.45) is 0 Å². The highest BCUT2D eigenvalue weighted by Gasteiger charge is 2.47. The molecule has 106 valence electrons. The van der Waals surface area contributed by atoms with Crippen LogP contribution >= 0.6 is 0 Å². The molecule has 0 bridgehead atoms. The summed E-state index contributed by atoms with van der Waals surface area (Å²) in [6, 6.07) is 0.403. The highest BCUT2D eigenvalue weighted by atomic mass is 16.4. The number of hydrogen-bond donors (Lipinski definition) is 1. The van der Waals surface area contributed by atoms with E-state index >= 15 is 0 Å². The van der Waals surface area contributed by atoms with E-state index in [9.17, 15) is 9.90 Å². The fraction of sp³-hybridized carbons (Fsp3) is 0.933. The van der Waals surface area contributed by atoms with E-state index in [4.69, 9.17) is 0 Å². The van der Waals surface area contributed by atoms with Gasteiger partial charge in [0, 0.05) is 6.04 Å². The lowest BCUT2D eigenvalue weighted by Crippen LogP contribution is -2.53. The Morgan fingerprint density at radius 3 is 2.61 bits per heavy atom. The lowest BCUT2D eigenvalue weighted by Gasteiger charge is -2.38. The van der Waals surface area contributed by atoms with Crippen LogP contribution < -0.4 is 0 Å². The molecule has 1 heterocycles. The van der Waals surface area contributed by atoms with E-state index < -0.39 is 11.5 Å². The molecule has 0 aliphatic carbocycles. The van der Waals surface area contributed by atoms with Crippen LogP contribution in [0.25, 0.3) is 0 Å². The van der Waals surface area contributed by atoms with Crippen LogP contribution in [0.2, 0.25) is 0 Å². The largest absolute Gasteiger partial charge is 0.480 e. The fourth-order valence-corrected chi connectivity index (χ4v) is 3.32. The summed E-state index contributed by atoms with van der Waals surface area (Å²) < 4.78 is 0. The first kappa shape index (κ1) is 15.5. The number of rotatable bonds is 8. The number of likely N-dealkylation sites (tertiary alicyclic amines) is 1. The zero-order valence-corrected chi connectivity index (χ0v) is 12.2. The molecule has 0 aromatic carbocycles. The van der Waals surface area contributed by atoms with E-state index in [1.807, 2.05) is 6.92 Å². The molecule has 0 aromatic heterocycles. The maximum atomic E-state index is 11.6. The van der Waals surface area contributed by atoms with Gasteiger partial charge in [0.05, 0.1) is 0 Å². The Hall–Kier alpha value is -0.570. The molecule has 1 N–H and O–H groups in total. The van der Waals surface area contributed by atoms with Crippen molar-refractivity contribution in [3.05, 3.63) is 0 Å². The second kappa shape index (κ2) is 7.13. The van der Waals surface area contributed by atoms with Gasteiger partial charge >= 0.3 is 5.97 Å². The third-order valence-electron chi connectivity index (χ3n) is 4.53. The Kier molecular flexibility index (Phi) is 6.13. The Morgan fingerprint density at radius 1 is 1.33 bits per heavy atom. The summed E-state index contributed by atoms with van der Waals surface area (Å²) in [5.41, 5.74) is -0.579. The lowest BCUT2D eigenvalue weighted by atomic mass is 9.91. The molecule has 3 heteroatoms. The average molecular weight is 255 g/mol. The number of unbranched alkanes of at least 4 members (excludes halogenated alkanes) is 3. The van der Waals surface area contributed by atoms with Gasteiger partial charge in [-0.05, 0) is 39.2 Å². The van der Waals surface area contributed by atoms with E-state index in [-0.39, 0.29) is 0 Å². The van der Waals surface area contributed by atoms with Gasteiger partial charge in [0.15, 0.2) is 0 Å². The molecule has 0 spiro atoms. The maximum absolute atomic E-state index is 11.6. The van der Waals surface area contributed by atoms with Gasteiger partial charge in [-0.25, -0.2) is 0 Å². The van der Waals surface area contributed by atoms with Gasteiger partial charge in [-0.15, -0.1) is 0 Å². The second-order valence-corrected chi connectivity index (χ2v) is 5.69. The Labute approximate surface area is 112 Å². The first-order valence-corrected chi connectivity index (χ1v) is 7.58. The lowest BCUT2D eigenvalue weighted by molar-refractivity contribution is -0.151. The molecule has 3 nitrogen and oxygen atoms in total. The molecule has 1 fully saturated rings. The SMILES string of the molecule is CCCCCCC(C)N1CCCC1(CC)C(=O)O. The minimum absolute atomic E-state index is 0.403. The number of aliphatic carboxylic acids is 1. The van der Waals surface area contributed by atoms with Crippen LogP contribution in [0.5, 0.6) is 0 Å². The molecule has 0 aromatic rings. The topological polar surface area (TPSA) is 40.5 Å². The number of carboxylic acid groups (broad SMARTS) is 1. The maximum Gasteiger partial charge on any atom is 0.324 e. The Balaban J connectivity index is 2.55. The molecule has 0 radical (unpaired) electrons. The van der Waals surface area contributed by atoms with Gasteiger partial charge < -0.3 is 5.11 Å². The summed E-state index contributed by atoms with van der Waals surface area (Å²) in [4.78, 5) is 13.9. The quantitative estimate of drug-likeness (QED) is 0.673. The van der Waals surface area contributed by atoms with Gasteiger partial charge in [0.25, 0.3) is 0 Å². The van der Waals surface area contributed by atoms with Crippen molar-refractivity contribution in [2.75, 3.05) is 6.54 Å². The number of nitrogens with zero attached hydrogens (tertiary/aromatic N) is 1. The molecular formula is C15H29NO2. The van der Waals surface area contributed by atoms with Crippen LogP contribution in [-0.2, 0) is 4.79 Å². The average Bonchev–Trinajstić information content (AvgIpc) is 2.79. The molecule has 1 aliphatic rings. The minimum Gasteiger partial charge on any atom is -0.480 e. The van der Waals surface area contributed by atoms with Gasteiger partial charge in [-0.1, -0.05) is 39.5 Å². The predicted molar refractivity (Wildman–Crippen MR) is 74.8 cm³/mol. The minimum atomic E-state index is -0.622. The Morgan fingerprint density at radius 2 is 2.06 bits per heavy atom. The van der Waals surface area contributed by atoms with Crippen molar-refractivity contribution in [1.82, 2.24) is 4.90 Å². The number of hydrogen-bond acceptors (Lipinski definition) is 2. The van der Waals surface area contributed by atoms with Crippen LogP contribution in [0.15, 0.2) is 0 Å². The number of carbonyl (C=O) groups is 1. The molecule has 2 unspecified atom stereocenters. The summed E-state index contributed by atoms with van der Waals surface area (Å²) in [5.74, 6) is -0.622. The molecule has 0 saturated carbocycles. The van der Waals surface area contributed by atoms with Crippen molar-refractivity contribution in [3.63, 3.8) is 0 Å². The number of carboxylic acids is 1. The van der Waals surface area contributed by atoms with Gasteiger partial charge in [0.2, 0.25) is 0 Å². The van der Waals surface area contributed by atoms with Gasteiger partial charge in [0.1, 0.15) is 5.54 Å². The first-order valence-electron chi connectivity index (χ1n) is 7.58. The van der Waals surface area contributed by atoms with Crippen LogP contribution in [0.4, 0.5) is 0 Å². The summed E-state index contributed by atoms with van der Waals surface area (Å²) in [7, 11) is 0. The van der Waals surface area contributed by atoms with Crippen molar-refractivity contribution in [2.45, 2.75) is 83.7 Å². The summed E-state index contributed by atoms with van der Waals surface area (Å²) in [6.45, 7) is 7.38. The molecule has 2 atom stereocenters. The highest BCUT2D eigenvalue weighted by Crippen LogP contribution is 2.35. The van der Waals surface area contributed by atoms with Crippen LogP contribution in [0.1, 0.15) is 72.1 Å². The predicted octanol–water partition coefficient (Wildman–Crippen LogP) is 3.67. The van der Waals surface area contributed by atoms with Crippen LogP contribution in [0.3, 0.4) is 0 Å². The van der Waals surface area contributed by atoms with Gasteiger partial charge in [-0.3, -0.25) is 9.69 Å². The normalized spacial score (nSPS) is 26.4. The zero-order valence-electron chi connectivity index (χ0n) is 12.2. The smallest absolute Gasteiger partial charge is 0.324 e. The highest BCUT2D eigenvalue weighted by molar-refractivity contribution is 5.79. The van der Waals surface area contributed by atoms with Crippen LogP contribution in [0, 0.1) is 0 Å². The third kappa shape index (κ3) is 3.25. The zero-order chi connectivity index (χ0) is 13.6. The van der Waals surface area contributed by atoms with Crippen LogP contribution in [-0.4, -0.2) is 34.1 Å². The van der Waals surface area contributed by atoms with E-state index in [0.29, 0.717) is 6.04 Å². The standard InChI is InChI=1S/C15H29NO2/c1-4-6-7-8-10-13(3)16-12-9-11-15(16,5-2)14(17)18/h13H,4-12H2,1-3H3,(H,17,18). The molecular weight excluding hydrogens is 226 g/mol. The van der Waals surface area contributed by atoms with E-state index in [1.54, 1.807) is 0 Å². The van der Waals surface area contributed by atoms with Crippen molar-refractivity contribution < 1.29 is 9.90 Å². The van der Waals surface area contributed by atoms with Gasteiger partial charge in [-0.2, -0.15) is 0 Å². The molecule has 1 rings (SSSR count). The second-order valence-electron chi connectivity index (χ2n) is 5.69. The van der Waals surface area contributed by atoms with E-state index in [0.717, 1.165) is 32.2 Å². The summed E-state index contributed by atoms with van der Waals surface area (Å²) >= 11 is 0. The van der Waals surface area contributed by atoms with Crippen molar-refractivity contribution in [3.8, 4) is 0 Å².